The second-order valence-corrected chi connectivity index (χ2v) is 6.34. The lowest BCUT2D eigenvalue weighted by molar-refractivity contribution is 0.545. The molecule has 0 atom stereocenters. The molecule has 0 unspecified atom stereocenters. The SMILES string of the molecule is Cc1c(N)nc(C(C)(C)C)nc1N(C)Cc1ccncc1. The summed E-state index contributed by atoms with van der Waals surface area (Å²) in [4.78, 5) is 15.3. The largest absolute Gasteiger partial charge is 0.383 e. The van der Waals surface area contributed by atoms with Crippen molar-refractivity contribution in [1.29, 1.82) is 0 Å². The summed E-state index contributed by atoms with van der Waals surface area (Å²) in [6, 6.07) is 4.00. The molecule has 5 heteroatoms. The predicted molar refractivity (Wildman–Crippen MR) is 86.2 cm³/mol. The molecule has 0 aliphatic carbocycles. The Morgan fingerprint density at radius 3 is 2.33 bits per heavy atom. The van der Waals surface area contributed by atoms with E-state index in [-0.39, 0.29) is 5.41 Å². The van der Waals surface area contributed by atoms with Crippen molar-refractivity contribution in [3.05, 3.63) is 41.5 Å². The summed E-state index contributed by atoms with van der Waals surface area (Å²) in [5.74, 6) is 2.19. The summed E-state index contributed by atoms with van der Waals surface area (Å²) in [5.41, 5.74) is 8.03. The summed E-state index contributed by atoms with van der Waals surface area (Å²) in [5, 5.41) is 0. The average molecular weight is 285 g/mol. The van der Waals surface area contributed by atoms with E-state index in [2.05, 4.69) is 35.6 Å². The van der Waals surface area contributed by atoms with Gasteiger partial charge in [0.05, 0.1) is 0 Å². The van der Waals surface area contributed by atoms with Gasteiger partial charge in [0, 0.05) is 37.0 Å². The van der Waals surface area contributed by atoms with Gasteiger partial charge in [-0.15, -0.1) is 0 Å². The molecule has 2 aromatic heterocycles. The lowest BCUT2D eigenvalue weighted by Gasteiger charge is -2.24. The molecule has 0 fully saturated rings. The van der Waals surface area contributed by atoms with Crippen molar-refractivity contribution in [2.45, 2.75) is 39.7 Å². The number of rotatable bonds is 3. The summed E-state index contributed by atoms with van der Waals surface area (Å²) in [6.07, 6.45) is 3.59. The fraction of sp³-hybridized carbons (Fsp3) is 0.438. The number of pyridine rings is 1. The molecule has 5 nitrogen and oxygen atoms in total. The Bertz CT molecular complexity index is 617. The van der Waals surface area contributed by atoms with Crippen LogP contribution in [0.4, 0.5) is 11.6 Å². The van der Waals surface area contributed by atoms with E-state index in [1.807, 2.05) is 26.1 Å². The van der Waals surface area contributed by atoms with Crippen LogP contribution in [0.2, 0.25) is 0 Å². The van der Waals surface area contributed by atoms with Gasteiger partial charge in [0.15, 0.2) is 0 Å². The molecule has 2 heterocycles. The van der Waals surface area contributed by atoms with Crippen molar-refractivity contribution in [3.63, 3.8) is 0 Å². The lowest BCUT2D eigenvalue weighted by atomic mass is 9.95. The fourth-order valence-corrected chi connectivity index (χ4v) is 2.07. The normalized spacial score (nSPS) is 11.5. The van der Waals surface area contributed by atoms with Crippen LogP contribution in [0, 0.1) is 6.92 Å². The number of hydrogen-bond donors (Lipinski definition) is 1. The Balaban J connectivity index is 2.36. The maximum absolute atomic E-state index is 6.06. The van der Waals surface area contributed by atoms with Crippen LogP contribution < -0.4 is 10.6 Å². The minimum atomic E-state index is -0.131. The van der Waals surface area contributed by atoms with E-state index in [1.54, 1.807) is 12.4 Å². The Morgan fingerprint density at radius 2 is 1.76 bits per heavy atom. The van der Waals surface area contributed by atoms with Crippen LogP contribution in [-0.4, -0.2) is 22.0 Å². The molecule has 0 radical (unpaired) electrons. The highest BCUT2D eigenvalue weighted by atomic mass is 15.2. The van der Waals surface area contributed by atoms with E-state index in [0.717, 1.165) is 23.8 Å². The van der Waals surface area contributed by atoms with Crippen LogP contribution in [0.15, 0.2) is 24.5 Å². The van der Waals surface area contributed by atoms with E-state index in [1.165, 1.54) is 5.56 Å². The fourth-order valence-electron chi connectivity index (χ4n) is 2.07. The number of nitrogens with two attached hydrogens (primary N) is 1. The van der Waals surface area contributed by atoms with Gasteiger partial charge in [0.1, 0.15) is 17.5 Å². The minimum absolute atomic E-state index is 0.131. The quantitative estimate of drug-likeness (QED) is 0.939. The molecule has 2 N–H and O–H groups in total. The van der Waals surface area contributed by atoms with E-state index < -0.39 is 0 Å². The van der Waals surface area contributed by atoms with Gasteiger partial charge >= 0.3 is 0 Å². The first-order valence-corrected chi connectivity index (χ1v) is 7.03. The zero-order valence-electron chi connectivity index (χ0n) is 13.4. The molecule has 0 saturated carbocycles. The summed E-state index contributed by atoms with van der Waals surface area (Å²) in [6.45, 7) is 8.97. The van der Waals surface area contributed by atoms with Crippen molar-refractivity contribution in [3.8, 4) is 0 Å². The van der Waals surface area contributed by atoms with Crippen LogP contribution >= 0.6 is 0 Å². The molecule has 0 aliphatic rings. The van der Waals surface area contributed by atoms with Gasteiger partial charge in [-0.2, -0.15) is 0 Å². The van der Waals surface area contributed by atoms with Crippen LogP contribution in [0.5, 0.6) is 0 Å². The third-order valence-corrected chi connectivity index (χ3v) is 3.36. The third kappa shape index (κ3) is 3.48. The standard InChI is InChI=1S/C16H23N5/c1-11-13(17)19-15(16(2,3)4)20-14(11)21(5)10-12-6-8-18-9-7-12/h6-9H,10H2,1-5H3,(H2,17,19,20). The molecule has 0 amide bonds. The van der Waals surface area contributed by atoms with Crippen LogP contribution in [0.3, 0.4) is 0 Å². The molecule has 2 rings (SSSR count). The van der Waals surface area contributed by atoms with E-state index >= 15 is 0 Å². The highest BCUT2D eigenvalue weighted by Gasteiger charge is 2.21. The van der Waals surface area contributed by atoms with Crippen molar-refractivity contribution in [2.75, 3.05) is 17.7 Å². The van der Waals surface area contributed by atoms with Gasteiger partial charge in [-0.05, 0) is 24.6 Å². The molecule has 21 heavy (non-hydrogen) atoms. The Labute approximate surface area is 126 Å². The molecular weight excluding hydrogens is 262 g/mol. The Morgan fingerprint density at radius 1 is 1.14 bits per heavy atom. The number of aromatic nitrogens is 3. The first kappa shape index (κ1) is 15.2. The zero-order chi connectivity index (χ0) is 15.6. The molecule has 0 spiro atoms. The molecule has 2 aromatic rings. The van der Waals surface area contributed by atoms with Gasteiger partial charge in [-0.1, -0.05) is 20.8 Å². The average Bonchev–Trinajstić information content (AvgIpc) is 2.41. The Kier molecular flexibility index (Phi) is 4.11. The first-order chi connectivity index (χ1) is 9.79. The molecule has 0 saturated heterocycles. The monoisotopic (exact) mass is 285 g/mol. The van der Waals surface area contributed by atoms with Crippen molar-refractivity contribution in [1.82, 2.24) is 15.0 Å². The number of hydrogen-bond acceptors (Lipinski definition) is 5. The summed E-state index contributed by atoms with van der Waals surface area (Å²) in [7, 11) is 2.02. The van der Waals surface area contributed by atoms with Gasteiger partial charge in [-0.3, -0.25) is 4.98 Å². The van der Waals surface area contributed by atoms with Gasteiger partial charge in [0.25, 0.3) is 0 Å². The minimum Gasteiger partial charge on any atom is -0.383 e. The predicted octanol–water partition coefficient (Wildman–Crippen LogP) is 2.70. The number of nitrogens with zero attached hydrogens (tertiary/aromatic N) is 4. The number of nitrogen functional groups attached to an aromatic ring is 1. The third-order valence-electron chi connectivity index (χ3n) is 3.36. The zero-order valence-corrected chi connectivity index (χ0v) is 13.4. The van der Waals surface area contributed by atoms with Crippen molar-refractivity contribution in [2.24, 2.45) is 0 Å². The van der Waals surface area contributed by atoms with E-state index in [9.17, 15) is 0 Å². The van der Waals surface area contributed by atoms with Gasteiger partial charge < -0.3 is 10.6 Å². The van der Waals surface area contributed by atoms with Gasteiger partial charge in [-0.25, -0.2) is 9.97 Å². The highest BCUT2D eigenvalue weighted by molar-refractivity contribution is 5.56. The molecule has 112 valence electrons. The number of anilines is 2. The van der Waals surface area contributed by atoms with E-state index in [0.29, 0.717) is 5.82 Å². The smallest absolute Gasteiger partial charge is 0.138 e. The summed E-state index contributed by atoms with van der Waals surface area (Å²) < 4.78 is 0. The first-order valence-electron chi connectivity index (χ1n) is 7.03. The second-order valence-electron chi connectivity index (χ2n) is 6.34. The van der Waals surface area contributed by atoms with E-state index in [4.69, 9.17) is 10.7 Å². The summed E-state index contributed by atoms with van der Waals surface area (Å²) >= 11 is 0. The molecule has 0 bridgehead atoms. The maximum atomic E-state index is 6.06. The lowest BCUT2D eigenvalue weighted by Crippen LogP contribution is -2.24. The Hall–Kier alpha value is -2.17. The molecule has 0 aromatic carbocycles. The maximum Gasteiger partial charge on any atom is 0.138 e. The molecule has 0 aliphatic heterocycles. The van der Waals surface area contributed by atoms with Gasteiger partial charge in [0.2, 0.25) is 0 Å². The topological polar surface area (TPSA) is 67.9 Å². The van der Waals surface area contributed by atoms with Crippen molar-refractivity contribution >= 4 is 11.6 Å². The van der Waals surface area contributed by atoms with Crippen LogP contribution in [-0.2, 0) is 12.0 Å². The van der Waals surface area contributed by atoms with Crippen LogP contribution in [0.25, 0.3) is 0 Å². The second kappa shape index (κ2) is 5.68. The van der Waals surface area contributed by atoms with Crippen LogP contribution in [0.1, 0.15) is 37.7 Å². The highest BCUT2D eigenvalue weighted by Crippen LogP contribution is 2.27. The van der Waals surface area contributed by atoms with Crippen molar-refractivity contribution < 1.29 is 0 Å². The molecular formula is C16H23N5.